The number of thiazole rings is 1. The average Bonchev–Trinajstić information content (AvgIpc) is 3.48. The standard InChI is InChI=1S/C23H24FN5O3S2.H2/c24-17-2-1-3-19(16-17)27-11-13-28(14-12-27)21-8-10-29(22(21)30)18-4-6-20(7-5-18)34(31,32)26-23-25-9-15-33-23;/h1-7,9,15-16,21H,8,10-14H2,(H,25,26);1H/t21-;/m0./s1. The lowest BCUT2D eigenvalue weighted by Crippen LogP contribution is -2.52. The molecule has 5 rings (SSSR count). The smallest absolute Gasteiger partial charge is 0.263 e. The van der Waals surface area contributed by atoms with Gasteiger partial charge in [0.25, 0.3) is 10.0 Å². The van der Waals surface area contributed by atoms with Crippen molar-refractivity contribution in [2.75, 3.05) is 47.2 Å². The van der Waals surface area contributed by atoms with E-state index in [1.807, 2.05) is 6.07 Å². The molecule has 3 heterocycles. The third-order valence-corrected chi connectivity index (χ3v) is 8.39. The summed E-state index contributed by atoms with van der Waals surface area (Å²) in [6.07, 6.45) is 2.24. The summed E-state index contributed by atoms with van der Waals surface area (Å²) >= 11 is 1.20. The van der Waals surface area contributed by atoms with E-state index in [-0.39, 0.29) is 24.1 Å². The Morgan fingerprint density at radius 3 is 2.47 bits per heavy atom. The van der Waals surface area contributed by atoms with Crippen LogP contribution in [0.2, 0.25) is 0 Å². The summed E-state index contributed by atoms with van der Waals surface area (Å²) < 4.78 is 41.1. The van der Waals surface area contributed by atoms with E-state index in [9.17, 15) is 17.6 Å². The molecule has 180 valence electrons. The molecule has 1 aromatic heterocycles. The van der Waals surface area contributed by atoms with Crippen LogP contribution in [0.1, 0.15) is 7.85 Å². The Hall–Kier alpha value is -3.02. The second-order valence-electron chi connectivity index (χ2n) is 8.23. The molecule has 11 heteroatoms. The highest BCUT2D eigenvalue weighted by molar-refractivity contribution is 7.93. The molecule has 0 aliphatic carbocycles. The number of nitrogens with one attached hydrogen (secondary N) is 1. The first-order chi connectivity index (χ1) is 16.4. The Morgan fingerprint density at radius 2 is 1.79 bits per heavy atom. The molecule has 0 saturated carbocycles. The summed E-state index contributed by atoms with van der Waals surface area (Å²) in [7, 11) is -3.74. The van der Waals surface area contributed by atoms with Gasteiger partial charge >= 0.3 is 0 Å². The number of amides is 1. The summed E-state index contributed by atoms with van der Waals surface area (Å²) in [5.41, 5.74) is 1.54. The van der Waals surface area contributed by atoms with Crippen LogP contribution in [0, 0.1) is 5.82 Å². The minimum absolute atomic E-state index is 0. The number of aromatic nitrogens is 1. The van der Waals surface area contributed by atoms with Crippen LogP contribution in [-0.4, -0.2) is 63.0 Å². The normalized spacial score (nSPS) is 19.6. The van der Waals surface area contributed by atoms with Crippen molar-refractivity contribution in [1.29, 1.82) is 0 Å². The molecule has 1 N–H and O–H groups in total. The van der Waals surface area contributed by atoms with Gasteiger partial charge in [0.15, 0.2) is 5.13 Å². The third-order valence-electron chi connectivity index (χ3n) is 6.22. The topological polar surface area (TPSA) is 85.9 Å². The number of piperazine rings is 1. The van der Waals surface area contributed by atoms with E-state index < -0.39 is 10.0 Å². The number of anilines is 3. The van der Waals surface area contributed by atoms with Gasteiger partial charge in [-0.3, -0.25) is 14.4 Å². The van der Waals surface area contributed by atoms with Crippen molar-refractivity contribution < 1.29 is 19.0 Å². The maximum Gasteiger partial charge on any atom is 0.263 e. The third kappa shape index (κ3) is 4.63. The van der Waals surface area contributed by atoms with Gasteiger partial charge in [0.05, 0.1) is 10.9 Å². The average molecular weight is 504 g/mol. The summed E-state index contributed by atoms with van der Waals surface area (Å²) in [6, 6.07) is 12.7. The molecule has 2 saturated heterocycles. The van der Waals surface area contributed by atoms with E-state index in [0.29, 0.717) is 23.8 Å². The van der Waals surface area contributed by atoms with Gasteiger partial charge in [-0.15, -0.1) is 11.3 Å². The molecule has 1 amide bonds. The molecule has 2 aromatic carbocycles. The molecule has 1 atom stereocenters. The highest BCUT2D eigenvalue weighted by atomic mass is 32.2. The molecule has 2 aliphatic rings. The molecule has 0 radical (unpaired) electrons. The van der Waals surface area contributed by atoms with Gasteiger partial charge in [0, 0.05) is 57.1 Å². The predicted octanol–water partition coefficient (Wildman–Crippen LogP) is 3.26. The Kier molecular flexibility index (Phi) is 6.24. The Balaban J connectivity index is 0.00000289. The van der Waals surface area contributed by atoms with Gasteiger partial charge in [0.2, 0.25) is 5.91 Å². The van der Waals surface area contributed by atoms with Crippen molar-refractivity contribution in [3.63, 3.8) is 0 Å². The monoisotopic (exact) mass is 503 g/mol. The van der Waals surface area contributed by atoms with Crippen molar-refractivity contribution in [2.45, 2.75) is 17.4 Å². The zero-order valence-corrected chi connectivity index (χ0v) is 19.9. The van der Waals surface area contributed by atoms with Crippen molar-refractivity contribution >= 4 is 43.8 Å². The quantitative estimate of drug-likeness (QED) is 0.556. The molecule has 2 aliphatic heterocycles. The first kappa shape index (κ1) is 22.8. The van der Waals surface area contributed by atoms with Gasteiger partial charge in [-0.05, 0) is 48.9 Å². The molecular formula is C23H26FN5O3S2. The summed E-state index contributed by atoms with van der Waals surface area (Å²) in [5.74, 6) is -0.227. The maximum absolute atomic E-state index is 13.5. The van der Waals surface area contributed by atoms with Crippen LogP contribution in [0.15, 0.2) is 65.0 Å². The summed E-state index contributed by atoms with van der Waals surface area (Å²) in [5, 5.41) is 2.00. The number of carbonyl (C=O) groups excluding carboxylic acids is 1. The first-order valence-electron chi connectivity index (χ1n) is 11.0. The zero-order chi connectivity index (χ0) is 23.7. The van der Waals surface area contributed by atoms with Crippen LogP contribution in [-0.2, 0) is 14.8 Å². The van der Waals surface area contributed by atoms with Crippen molar-refractivity contribution in [1.82, 2.24) is 9.88 Å². The van der Waals surface area contributed by atoms with Gasteiger partial charge in [-0.2, -0.15) is 0 Å². The molecule has 0 spiro atoms. The fraction of sp³-hybridized carbons (Fsp3) is 0.304. The number of carbonyl (C=O) groups is 1. The fourth-order valence-electron chi connectivity index (χ4n) is 4.48. The van der Waals surface area contributed by atoms with Crippen LogP contribution < -0.4 is 14.5 Å². The van der Waals surface area contributed by atoms with Crippen molar-refractivity contribution in [2.24, 2.45) is 0 Å². The van der Waals surface area contributed by atoms with E-state index >= 15 is 0 Å². The van der Waals surface area contributed by atoms with E-state index in [0.717, 1.165) is 31.9 Å². The number of halogens is 1. The van der Waals surface area contributed by atoms with Crippen LogP contribution in [0.5, 0.6) is 0 Å². The number of sulfonamides is 1. The van der Waals surface area contributed by atoms with Crippen LogP contribution in [0.3, 0.4) is 0 Å². The van der Waals surface area contributed by atoms with Gasteiger partial charge in [-0.25, -0.2) is 17.8 Å². The highest BCUT2D eigenvalue weighted by Gasteiger charge is 2.38. The largest absolute Gasteiger partial charge is 0.369 e. The van der Waals surface area contributed by atoms with Crippen LogP contribution >= 0.6 is 11.3 Å². The van der Waals surface area contributed by atoms with E-state index in [2.05, 4.69) is 19.5 Å². The molecule has 34 heavy (non-hydrogen) atoms. The Bertz CT molecular complexity index is 1270. The second kappa shape index (κ2) is 9.32. The Morgan fingerprint density at radius 1 is 1.03 bits per heavy atom. The second-order valence-corrected chi connectivity index (χ2v) is 10.8. The minimum atomic E-state index is -3.74. The maximum atomic E-state index is 13.5. The molecule has 8 nitrogen and oxygen atoms in total. The zero-order valence-electron chi connectivity index (χ0n) is 18.3. The predicted molar refractivity (Wildman–Crippen MR) is 132 cm³/mol. The number of hydrogen-bond donors (Lipinski definition) is 1. The van der Waals surface area contributed by atoms with Crippen LogP contribution in [0.25, 0.3) is 0 Å². The Labute approximate surface area is 203 Å². The lowest BCUT2D eigenvalue weighted by atomic mass is 10.1. The lowest BCUT2D eigenvalue weighted by molar-refractivity contribution is -0.121. The SMILES string of the molecule is O=C1[C@@H](N2CCN(c3cccc(F)c3)CC2)CCN1c1ccc(S(=O)(=O)Nc2nccs2)cc1.[HH]. The fourth-order valence-corrected chi connectivity index (χ4v) is 6.27. The minimum Gasteiger partial charge on any atom is -0.369 e. The first-order valence-corrected chi connectivity index (χ1v) is 13.4. The van der Waals surface area contributed by atoms with Gasteiger partial charge < -0.3 is 9.80 Å². The van der Waals surface area contributed by atoms with E-state index in [1.54, 1.807) is 28.5 Å². The number of rotatable bonds is 6. The molecule has 3 aromatic rings. The highest BCUT2D eigenvalue weighted by Crippen LogP contribution is 2.28. The van der Waals surface area contributed by atoms with Crippen molar-refractivity contribution in [3.8, 4) is 0 Å². The lowest BCUT2D eigenvalue weighted by Gasteiger charge is -2.38. The summed E-state index contributed by atoms with van der Waals surface area (Å²) in [4.78, 5) is 23.3. The number of hydrogen-bond acceptors (Lipinski definition) is 7. The van der Waals surface area contributed by atoms with E-state index in [1.165, 1.54) is 41.8 Å². The van der Waals surface area contributed by atoms with Gasteiger partial charge in [-0.1, -0.05) is 6.07 Å². The molecule has 0 bridgehead atoms. The van der Waals surface area contributed by atoms with E-state index in [4.69, 9.17) is 0 Å². The van der Waals surface area contributed by atoms with Crippen molar-refractivity contribution in [3.05, 3.63) is 65.9 Å². The number of benzene rings is 2. The molecular weight excluding hydrogens is 477 g/mol. The van der Waals surface area contributed by atoms with Crippen LogP contribution in [0.4, 0.5) is 20.9 Å². The van der Waals surface area contributed by atoms with Gasteiger partial charge in [0.1, 0.15) is 5.82 Å². The molecule has 2 fully saturated rings. The summed E-state index contributed by atoms with van der Waals surface area (Å²) in [6.45, 7) is 3.48. The number of nitrogens with zero attached hydrogens (tertiary/aromatic N) is 4. The molecule has 0 unspecified atom stereocenters.